The zero-order chi connectivity index (χ0) is 11.7. The van der Waals surface area contributed by atoms with Crippen LogP contribution in [0.15, 0.2) is 0 Å². The first-order valence-electron chi connectivity index (χ1n) is 4.97. The van der Waals surface area contributed by atoms with Gasteiger partial charge in [-0.2, -0.15) is 0 Å². The highest BCUT2D eigenvalue weighted by molar-refractivity contribution is 7.91. The first kappa shape index (κ1) is 12.4. The van der Waals surface area contributed by atoms with Gasteiger partial charge >= 0.3 is 0 Å². The van der Waals surface area contributed by atoms with E-state index >= 15 is 0 Å². The molecule has 0 aromatic heterocycles. The number of nitrogens with one attached hydrogen (secondary N) is 1. The van der Waals surface area contributed by atoms with E-state index in [-0.39, 0.29) is 29.9 Å². The van der Waals surface area contributed by atoms with Crippen molar-refractivity contribution in [2.75, 3.05) is 11.5 Å². The van der Waals surface area contributed by atoms with Gasteiger partial charge < -0.3 is 11.1 Å². The number of carbonyl (C=O) groups excluding carboxylic acids is 1. The van der Waals surface area contributed by atoms with E-state index in [4.69, 9.17) is 5.73 Å². The quantitative estimate of drug-likeness (QED) is 0.683. The van der Waals surface area contributed by atoms with Crippen molar-refractivity contribution in [3.63, 3.8) is 0 Å². The Morgan fingerprint density at radius 2 is 2.13 bits per heavy atom. The minimum atomic E-state index is -2.93. The van der Waals surface area contributed by atoms with Gasteiger partial charge in [0.1, 0.15) is 0 Å². The summed E-state index contributed by atoms with van der Waals surface area (Å²) in [6, 6.07) is -0.232. The maximum atomic E-state index is 11.4. The summed E-state index contributed by atoms with van der Waals surface area (Å²) in [5.41, 5.74) is 5.13. The minimum absolute atomic E-state index is 0.0593. The maximum absolute atomic E-state index is 11.4. The lowest BCUT2D eigenvalue weighted by Gasteiger charge is -2.19. The molecule has 0 radical (unpaired) electrons. The molecule has 1 unspecified atom stereocenters. The summed E-state index contributed by atoms with van der Waals surface area (Å²) in [4.78, 5) is 11.4. The molecule has 1 heterocycles. The molecule has 6 heteroatoms. The highest BCUT2D eigenvalue weighted by atomic mass is 32.2. The van der Waals surface area contributed by atoms with Crippen molar-refractivity contribution in [3.8, 4) is 0 Å². The number of hydrogen-bond acceptors (Lipinski definition) is 4. The van der Waals surface area contributed by atoms with Crippen LogP contribution in [0.4, 0.5) is 0 Å². The molecule has 0 aromatic carbocycles. The summed E-state index contributed by atoms with van der Waals surface area (Å²) in [7, 11) is -2.93. The molecular weight excluding hydrogens is 216 g/mol. The van der Waals surface area contributed by atoms with E-state index in [9.17, 15) is 13.2 Å². The van der Waals surface area contributed by atoms with Crippen LogP contribution in [-0.2, 0) is 14.6 Å². The second-order valence-corrected chi connectivity index (χ2v) is 7.06. The average molecular weight is 234 g/mol. The lowest BCUT2D eigenvalue weighted by Crippen LogP contribution is -2.42. The summed E-state index contributed by atoms with van der Waals surface area (Å²) in [6.45, 7) is 3.52. The Labute approximate surface area is 90.3 Å². The third-order valence-electron chi connectivity index (χ3n) is 2.21. The molecule has 5 nitrogen and oxygen atoms in total. The molecule has 1 aliphatic rings. The number of nitrogens with two attached hydrogens (primary N) is 1. The third-order valence-corrected chi connectivity index (χ3v) is 3.98. The number of rotatable bonds is 3. The highest BCUT2D eigenvalue weighted by Gasteiger charge is 2.29. The summed E-state index contributed by atoms with van der Waals surface area (Å²) in [5, 5.41) is 2.69. The average Bonchev–Trinajstić information content (AvgIpc) is 2.25. The van der Waals surface area contributed by atoms with Gasteiger partial charge in [0.2, 0.25) is 5.91 Å². The third kappa shape index (κ3) is 4.61. The fourth-order valence-corrected chi connectivity index (χ4v) is 3.27. The Balaban J connectivity index is 2.41. The molecule has 1 atom stereocenters. The highest BCUT2D eigenvalue weighted by Crippen LogP contribution is 2.12. The lowest BCUT2D eigenvalue weighted by molar-refractivity contribution is -0.122. The van der Waals surface area contributed by atoms with Crippen LogP contribution in [0.3, 0.4) is 0 Å². The summed E-state index contributed by atoms with van der Waals surface area (Å²) >= 11 is 0. The van der Waals surface area contributed by atoms with E-state index in [0.29, 0.717) is 6.42 Å². The van der Waals surface area contributed by atoms with Gasteiger partial charge in [0.05, 0.1) is 11.5 Å². The Bertz CT molecular complexity index is 343. The van der Waals surface area contributed by atoms with Crippen molar-refractivity contribution in [2.45, 2.75) is 38.3 Å². The summed E-state index contributed by atoms with van der Waals surface area (Å²) in [5.74, 6) is 0.0536. The predicted molar refractivity (Wildman–Crippen MR) is 58.1 cm³/mol. The number of sulfone groups is 1. The fourth-order valence-electron chi connectivity index (χ4n) is 1.60. The van der Waals surface area contributed by atoms with Crippen molar-refractivity contribution < 1.29 is 13.2 Å². The van der Waals surface area contributed by atoms with E-state index in [2.05, 4.69) is 5.32 Å². The molecule has 1 aliphatic heterocycles. The minimum Gasteiger partial charge on any atom is -0.352 e. The van der Waals surface area contributed by atoms with Crippen LogP contribution in [0.5, 0.6) is 0 Å². The van der Waals surface area contributed by atoms with Crippen molar-refractivity contribution >= 4 is 15.7 Å². The first-order valence-corrected chi connectivity index (χ1v) is 6.79. The molecule has 1 fully saturated rings. The second-order valence-electron chi connectivity index (χ2n) is 4.83. The molecule has 1 amide bonds. The molecule has 1 saturated heterocycles. The number of carbonyl (C=O) groups is 1. The van der Waals surface area contributed by atoms with Gasteiger partial charge in [0.25, 0.3) is 0 Å². The molecule has 1 rings (SSSR count). The van der Waals surface area contributed by atoms with Crippen LogP contribution in [-0.4, -0.2) is 37.4 Å². The van der Waals surface area contributed by atoms with E-state index in [1.807, 2.05) is 0 Å². The number of amides is 1. The van der Waals surface area contributed by atoms with E-state index < -0.39 is 15.4 Å². The van der Waals surface area contributed by atoms with E-state index in [1.165, 1.54) is 0 Å². The largest absolute Gasteiger partial charge is 0.352 e. The van der Waals surface area contributed by atoms with Gasteiger partial charge in [-0.1, -0.05) is 0 Å². The van der Waals surface area contributed by atoms with E-state index in [0.717, 1.165) is 0 Å². The Morgan fingerprint density at radius 1 is 1.53 bits per heavy atom. The van der Waals surface area contributed by atoms with Crippen molar-refractivity contribution in [1.29, 1.82) is 0 Å². The molecule has 3 N–H and O–H groups in total. The summed E-state index contributed by atoms with van der Waals surface area (Å²) in [6.07, 6.45) is 0.725. The van der Waals surface area contributed by atoms with Gasteiger partial charge in [0, 0.05) is 18.0 Å². The monoisotopic (exact) mass is 234 g/mol. The zero-order valence-electron chi connectivity index (χ0n) is 9.12. The Morgan fingerprint density at radius 3 is 2.53 bits per heavy atom. The van der Waals surface area contributed by atoms with Crippen LogP contribution >= 0.6 is 0 Å². The Hall–Kier alpha value is -0.620. The van der Waals surface area contributed by atoms with Crippen LogP contribution < -0.4 is 11.1 Å². The summed E-state index contributed by atoms with van der Waals surface area (Å²) < 4.78 is 22.3. The molecule has 0 saturated carbocycles. The van der Waals surface area contributed by atoms with Gasteiger partial charge in [0.15, 0.2) is 9.84 Å². The van der Waals surface area contributed by atoms with Crippen LogP contribution in [0.25, 0.3) is 0 Å². The fraction of sp³-hybridized carbons (Fsp3) is 0.889. The molecule has 15 heavy (non-hydrogen) atoms. The Kier molecular flexibility index (Phi) is 3.40. The van der Waals surface area contributed by atoms with Crippen molar-refractivity contribution in [1.82, 2.24) is 5.32 Å². The predicted octanol–water partition coefficient (Wildman–Crippen LogP) is -0.583. The van der Waals surface area contributed by atoms with Crippen LogP contribution in [0.1, 0.15) is 26.7 Å². The van der Waals surface area contributed by atoms with Gasteiger partial charge in [-0.15, -0.1) is 0 Å². The van der Waals surface area contributed by atoms with Crippen LogP contribution in [0, 0.1) is 0 Å². The SMILES string of the molecule is CC(C)(N)CC(=O)NC1CCS(=O)(=O)C1. The smallest absolute Gasteiger partial charge is 0.222 e. The van der Waals surface area contributed by atoms with Gasteiger partial charge in [-0.3, -0.25) is 4.79 Å². The lowest BCUT2D eigenvalue weighted by atomic mass is 10.0. The second kappa shape index (κ2) is 4.09. The number of hydrogen-bond donors (Lipinski definition) is 2. The molecule has 88 valence electrons. The molecular formula is C9H18N2O3S. The van der Waals surface area contributed by atoms with Gasteiger partial charge in [-0.25, -0.2) is 8.42 Å². The van der Waals surface area contributed by atoms with Crippen molar-refractivity contribution in [3.05, 3.63) is 0 Å². The molecule has 0 bridgehead atoms. The topological polar surface area (TPSA) is 89.3 Å². The molecule has 0 spiro atoms. The standard InChI is InChI=1S/C9H18N2O3S/c1-9(2,10)5-8(12)11-7-3-4-15(13,14)6-7/h7H,3-6,10H2,1-2H3,(H,11,12). The maximum Gasteiger partial charge on any atom is 0.222 e. The molecule has 0 aromatic rings. The molecule has 0 aliphatic carbocycles. The van der Waals surface area contributed by atoms with Crippen LogP contribution in [0.2, 0.25) is 0 Å². The van der Waals surface area contributed by atoms with Gasteiger partial charge in [-0.05, 0) is 20.3 Å². The first-order chi connectivity index (χ1) is 6.68. The van der Waals surface area contributed by atoms with E-state index in [1.54, 1.807) is 13.8 Å². The normalized spacial score (nSPS) is 25.1. The van der Waals surface area contributed by atoms with Crippen molar-refractivity contribution in [2.24, 2.45) is 5.73 Å². The zero-order valence-corrected chi connectivity index (χ0v) is 9.93.